The van der Waals surface area contributed by atoms with Crippen LogP contribution >= 0.6 is 12.2 Å². The van der Waals surface area contributed by atoms with Gasteiger partial charge in [-0.25, -0.2) is 0 Å². The van der Waals surface area contributed by atoms with Gasteiger partial charge >= 0.3 is 0 Å². The molecule has 0 atom stereocenters. The van der Waals surface area contributed by atoms with E-state index in [4.69, 9.17) is 17.3 Å². The van der Waals surface area contributed by atoms with Crippen LogP contribution in [0.1, 0.15) is 6.42 Å². The van der Waals surface area contributed by atoms with Gasteiger partial charge in [0.1, 0.15) is 0 Å². The highest BCUT2D eigenvalue weighted by Crippen LogP contribution is 2.15. The lowest BCUT2D eigenvalue weighted by Crippen LogP contribution is -2.47. The lowest BCUT2D eigenvalue weighted by molar-refractivity contribution is 0.238. The molecule has 1 aromatic rings. The van der Waals surface area contributed by atoms with Gasteiger partial charge in [-0.15, -0.1) is 0 Å². The number of benzene rings is 1. The molecular weight excluding hydrogens is 282 g/mol. The first-order chi connectivity index (χ1) is 10.1. The molecule has 1 aliphatic rings. The number of hydrogen-bond donors (Lipinski definition) is 1. The van der Waals surface area contributed by atoms with Gasteiger partial charge in [0.25, 0.3) is 0 Å². The minimum absolute atomic E-state index is 0.0778. The van der Waals surface area contributed by atoms with E-state index in [0.29, 0.717) is 6.54 Å². The van der Waals surface area contributed by atoms with Crippen molar-refractivity contribution in [1.82, 2.24) is 9.80 Å². The van der Waals surface area contributed by atoms with Gasteiger partial charge < -0.3 is 10.0 Å². The molecule has 1 N–H and O–H groups in total. The maximum atomic E-state index is 9.08. The molecule has 21 heavy (non-hydrogen) atoms. The molecule has 0 unspecified atom stereocenters. The molecule has 0 amide bonds. The van der Waals surface area contributed by atoms with E-state index in [1.54, 1.807) is 0 Å². The van der Waals surface area contributed by atoms with E-state index in [0.717, 1.165) is 45.7 Å². The molecule has 0 bridgehead atoms. The zero-order valence-corrected chi connectivity index (χ0v) is 13.6. The van der Waals surface area contributed by atoms with Gasteiger partial charge in [0.2, 0.25) is 0 Å². The number of para-hydroxylation sites is 1. The molecule has 2 rings (SSSR count). The van der Waals surface area contributed by atoms with Gasteiger partial charge in [-0.3, -0.25) is 9.80 Å². The van der Waals surface area contributed by atoms with Crippen LogP contribution in [0.4, 0.5) is 5.69 Å². The average molecular weight is 307 g/mol. The Hall–Kier alpha value is -1.17. The van der Waals surface area contributed by atoms with Crippen molar-refractivity contribution in [1.29, 1.82) is 0 Å². The first-order valence-electron chi connectivity index (χ1n) is 7.58. The monoisotopic (exact) mass is 307 g/mol. The molecule has 1 aliphatic heterocycles. The molecule has 1 saturated heterocycles. The van der Waals surface area contributed by atoms with Gasteiger partial charge in [0.05, 0.1) is 6.54 Å². The number of aliphatic hydroxyl groups excluding tert-OH is 1. The molecular formula is C16H25N3OS. The maximum absolute atomic E-state index is 9.08. The average Bonchev–Trinajstić information content (AvgIpc) is 2.48. The highest BCUT2D eigenvalue weighted by atomic mass is 32.1. The lowest BCUT2D eigenvalue weighted by Gasteiger charge is -2.36. The second kappa shape index (κ2) is 8.32. The van der Waals surface area contributed by atoms with Crippen molar-refractivity contribution in [2.24, 2.45) is 0 Å². The third-order valence-corrected chi connectivity index (χ3v) is 4.04. The number of piperazine rings is 1. The van der Waals surface area contributed by atoms with E-state index < -0.39 is 0 Å². The minimum Gasteiger partial charge on any atom is -0.501 e. The van der Waals surface area contributed by atoms with Gasteiger partial charge in [0.15, 0.2) is 5.05 Å². The molecule has 0 saturated carbocycles. The Morgan fingerprint density at radius 3 is 2.48 bits per heavy atom. The molecule has 0 spiro atoms. The van der Waals surface area contributed by atoms with E-state index >= 15 is 0 Å². The van der Waals surface area contributed by atoms with Crippen molar-refractivity contribution in [3.05, 3.63) is 30.3 Å². The van der Waals surface area contributed by atoms with Crippen LogP contribution in [0.5, 0.6) is 0 Å². The number of likely N-dealkylation sites (N-methyl/N-ethyl adjacent to an activating group) is 1. The molecule has 1 aromatic carbocycles. The SMILES string of the molecule is CN(CCCN1CCN(c2ccccc2)CC1)CC(O)=S. The van der Waals surface area contributed by atoms with Crippen molar-refractivity contribution in [2.75, 3.05) is 57.8 Å². The molecule has 0 aliphatic carbocycles. The predicted octanol–water partition coefficient (Wildman–Crippen LogP) is 2.02. The summed E-state index contributed by atoms with van der Waals surface area (Å²) in [7, 11) is 2.00. The van der Waals surface area contributed by atoms with Crippen LogP contribution in [-0.2, 0) is 0 Å². The third kappa shape index (κ3) is 5.61. The Labute approximate surface area is 133 Å². The summed E-state index contributed by atoms with van der Waals surface area (Å²) < 4.78 is 0. The summed E-state index contributed by atoms with van der Waals surface area (Å²) in [5.74, 6) is 0. The lowest BCUT2D eigenvalue weighted by atomic mass is 10.2. The van der Waals surface area contributed by atoms with Crippen LogP contribution in [-0.4, -0.2) is 72.8 Å². The summed E-state index contributed by atoms with van der Waals surface area (Å²) >= 11 is 4.70. The molecule has 0 aromatic heterocycles. The molecule has 1 heterocycles. The number of nitrogens with zero attached hydrogens (tertiary/aromatic N) is 3. The van der Waals surface area contributed by atoms with Crippen LogP contribution in [0.3, 0.4) is 0 Å². The van der Waals surface area contributed by atoms with Gasteiger partial charge in [-0.05, 0) is 50.9 Å². The van der Waals surface area contributed by atoms with E-state index in [9.17, 15) is 0 Å². The topological polar surface area (TPSA) is 30.0 Å². The zero-order chi connectivity index (χ0) is 15.1. The Balaban J connectivity index is 1.64. The van der Waals surface area contributed by atoms with Crippen molar-refractivity contribution in [3.63, 3.8) is 0 Å². The molecule has 5 heteroatoms. The first kappa shape index (κ1) is 16.2. The highest BCUT2D eigenvalue weighted by Gasteiger charge is 2.16. The largest absolute Gasteiger partial charge is 0.501 e. The Bertz CT molecular complexity index is 432. The van der Waals surface area contributed by atoms with E-state index in [-0.39, 0.29) is 5.05 Å². The summed E-state index contributed by atoms with van der Waals surface area (Å²) in [5, 5.41) is 9.16. The minimum atomic E-state index is 0.0778. The van der Waals surface area contributed by atoms with Gasteiger partial charge in [-0.1, -0.05) is 18.2 Å². The van der Waals surface area contributed by atoms with Crippen LogP contribution in [0.2, 0.25) is 0 Å². The quantitative estimate of drug-likeness (QED) is 0.779. The zero-order valence-electron chi connectivity index (χ0n) is 12.7. The van der Waals surface area contributed by atoms with E-state index in [1.807, 2.05) is 7.05 Å². The van der Waals surface area contributed by atoms with Gasteiger partial charge in [-0.2, -0.15) is 0 Å². The predicted molar refractivity (Wildman–Crippen MR) is 92.4 cm³/mol. The summed E-state index contributed by atoms with van der Waals surface area (Å²) in [6.45, 7) is 7.02. The third-order valence-electron chi connectivity index (χ3n) is 3.91. The molecule has 116 valence electrons. The van der Waals surface area contributed by atoms with Crippen molar-refractivity contribution in [3.8, 4) is 0 Å². The maximum Gasteiger partial charge on any atom is 0.170 e. The summed E-state index contributed by atoms with van der Waals surface area (Å²) in [5.41, 5.74) is 1.33. The van der Waals surface area contributed by atoms with Crippen LogP contribution in [0, 0.1) is 0 Å². The number of anilines is 1. The van der Waals surface area contributed by atoms with Gasteiger partial charge in [0, 0.05) is 31.9 Å². The first-order valence-corrected chi connectivity index (χ1v) is 7.98. The smallest absolute Gasteiger partial charge is 0.170 e. The molecule has 4 nitrogen and oxygen atoms in total. The fourth-order valence-corrected chi connectivity index (χ4v) is 2.96. The normalized spacial score (nSPS) is 16.4. The molecule has 0 radical (unpaired) electrons. The fourth-order valence-electron chi connectivity index (χ4n) is 2.74. The fraction of sp³-hybridized carbons (Fsp3) is 0.562. The standard InChI is InChI=1S/C16H25N3OS/c1-17(14-16(20)21)8-5-9-18-10-12-19(13-11-18)15-6-3-2-4-7-15/h2-4,6-7H,5,8-14H2,1H3,(H,20,21). The number of rotatable bonds is 7. The summed E-state index contributed by atoms with van der Waals surface area (Å²) in [6.07, 6.45) is 1.12. The highest BCUT2D eigenvalue weighted by molar-refractivity contribution is 7.80. The van der Waals surface area contributed by atoms with Crippen LogP contribution < -0.4 is 4.90 Å². The van der Waals surface area contributed by atoms with Crippen LogP contribution in [0.15, 0.2) is 30.3 Å². The van der Waals surface area contributed by atoms with E-state index in [1.165, 1.54) is 5.69 Å². The second-order valence-corrected chi connectivity index (χ2v) is 6.12. The summed E-state index contributed by atoms with van der Waals surface area (Å²) in [6, 6.07) is 10.6. The van der Waals surface area contributed by atoms with E-state index in [2.05, 4.69) is 45.0 Å². The summed E-state index contributed by atoms with van der Waals surface area (Å²) in [4.78, 5) is 7.04. The van der Waals surface area contributed by atoms with Crippen molar-refractivity contribution in [2.45, 2.75) is 6.42 Å². The Kier molecular flexibility index (Phi) is 6.42. The number of aliphatic hydroxyl groups is 1. The van der Waals surface area contributed by atoms with Crippen LogP contribution in [0.25, 0.3) is 0 Å². The number of hydrogen-bond acceptors (Lipinski definition) is 4. The van der Waals surface area contributed by atoms with Crippen molar-refractivity contribution < 1.29 is 5.11 Å². The Morgan fingerprint density at radius 2 is 1.86 bits per heavy atom. The second-order valence-electron chi connectivity index (χ2n) is 5.65. The number of thiocarbonyl (C=S) groups is 1. The molecule has 1 fully saturated rings. The Morgan fingerprint density at radius 1 is 1.19 bits per heavy atom. The van der Waals surface area contributed by atoms with Crippen molar-refractivity contribution >= 4 is 23.0 Å².